The fourth-order valence-electron chi connectivity index (χ4n) is 2.02. The molecule has 2 rings (SSSR count). The zero-order valence-electron chi connectivity index (χ0n) is 9.00. The predicted molar refractivity (Wildman–Crippen MR) is 57.4 cm³/mol. The van der Waals surface area contributed by atoms with E-state index in [1.807, 2.05) is 4.90 Å². The van der Waals surface area contributed by atoms with Crippen molar-refractivity contribution in [2.75, 3.05) is 32.9 Å². The summed E-state index contributed by atoms with van der Waals surface area (Å²) in [5, 5.41) is 3.19. The molecule has 2 heterocycles. The molecular formula is C11H15F2N3. The van der Waals surface area contributed by atoms with Gasteiger partial charge in [0.1, 0.15) is 6.67 Å². The predicted octanol–water partition coefficient (Wildman–Crippen LogP) is 1.14. The van der Waals surface area contributed by atoms with Gasteiger partial charge in [-0.25, -0.2) is 9.37 Å². The summed E-state index contributed by atoms with van der Waals surface area (Å²) in [6, 6.07) is 2.74. The van der Waals surface area contributed by atoms with Gasteiger partial charge >= 0.3 is 0 Å². The highest BCUT2D eigenvalue weighted by Gasteiger charge is 2.24. The zero-order valence-corrected chi connectivity index (χ0v) is 9.00. The van der Waals surface area contributed by atoms with Crippen LogP contribution in [0.4, 0.5) is 8.78 Å². The van der Waals surface area contributed by atoms with Crippen LogP contribution in [0.2, 0.25) is 0 Å². The summed E-state index contributed by atoms with van der Waals surface area (Å²) in [5.74, 6) is -0.566. The van der Waals surface area contributed by atoms with Gasteiger partial charge in [0.25, 0.3) is 0 Å². The monoisotopic (exact) mass is 227 g/mol. The van der Waals surface area contributed by atoms with E-state index in [-0.39, 0.29) is 0 Å². The van der Waals surface area contributed by atoms with E-state index in [1.54, 1.807) is 12.1 Å². The number of aromatic nitrogens is 1. The van der Waals surface area contributed by atoms with Gasteiger partial charge in [-0.05, 0) is 6.07 Å². The molecule has 0 bridgehead atoms. The van der Waals surface area contributed by atoms with Crippen LogP contribution in [0.1, 0.15) is 11.6 Å². The highest BCUT2D eigenvalue weighted by atomic mass is 19.1. The number of nitrogens with zero attached hydrogens (tertiary/aromatic N) is 2. The normalized spacial score (nSPS) is 19.6. The van der Waals surface area contributed by atoms with E-state index < -0.39 is 18.7 Å². The van der Waals surface area contributed by atoms with Crippen molar-refractivity contribution in [1.82, 2.24) is 15.2 Å². The molecule has 88 valence electrons. The van der Waals surface area contributed by atoms with Crippen LogP contribution in [-0.2, 0) is 0 Å². The Bertz CT molecular complexity index is 340. The SMILES string of the molecule is FC[C@@H](c1cccnc1F)N1CCNCC1. The van der Waals surface area contributed by atoms with Crippen LogP contribution < -0.4 is 5.32 Å². The Balaban J connectivity index is 2.18. The van der Waals surface area contributed by atoms with Crippen molar-refractivity contribution < 1.29 is 8.78 Å². The Morgan fingerprint density at radius 2 is 2.19 bits per heavy atom. The molecule has 0 aromatic carbocycles. The highest BCUT2D eigenvalue weighted by molar-refractivity contribution is 5.16. The van der Waals surface area contributed by atoms with Crippen LogP contribution >= 0.6 is 0 Å². The van der Waals surface area contributed by atoms with Crippen LogP contribution in [0.25, 0.3) is 0 Å². The van der Waals surface area contributed by atoms with Gasteiger partial charge in [0.05, 0.1) is 6.04 Å². The van der Waals surface area contributed by atoms with Crippen molar-refractivity contribution in [2.24, 2.45) is 0 Å². The molecule has 0 aliphatic carbocycles. The van der Waals surface area contributed by atoms with E-state index in [4.69, 9.17) is 0 Å². The van der Waals surface area contributed by atoms with Gasteiger partial charge in [0.15, 0.2) is 0 Å². The molecule has 0 spiro atoms. The minimum Gasteiger partial charge on any atom is -0.314 e. The lowest BCUT2D eigenvalue weighted by molar-refractivity contribution is 0.144. The average Bonchev–Trinajstić information content (AvgIpc) is 2.34. The number of nitrogens with one attached hydrogen (secondary N) is 1. The fourth-order valence-corrected chi connectivity index (χ4v) is 2.02. The van der Waals surface area contributed by atoms with Crippen molar-refractivity contribution in [3.63, 3.8) is 0 Å². The lowest BCUT2D eigenvalue weighted by Gasteiger charge is -2.33. The van der Waals surface area contributed by atoms with Gasteiger partial charge in [-0.2, -0.15) is 4.39 Å². The fraction of sp³-hybridized carbons (Fsp3) is 0.545. The molecule has 1 aromatic heterocycles. The average molecular weight is 227 g/mol. The smallest absolute Gasteiger partial charge is 0.217 e. The topological polar surface area (TPSA) is 28.2 Å². The molecule has 1 aromatic rings. The Labute approximate surface area is 93.5 Å². The molecule has 1 aliphatic heterocycles. The van der Waals surface area contributed by atoms with Crippen LogP contribution in [0.3, 0.4) is 0 Å². The van der Waals surface area contributed by atoms with Gasteiger partial charge in [0, 0.05) is 37.9 Å². The third-order valence-electron chi connectivity index (χ3n) is 2.89. The first kappa shape index (κ1) is 11.4. The molecule has 1 atom stereocenters. The van der Waals surface area contributed by atoms with E-state index in [9.17, 15) is 8.78 Å². The molecule has 1 saturated heterocycles. The van der Waals surface area contributed by atoms with Crippen LogP contribution in [-0.4, -0.2) is 42.7 Å². The molecule has 0 saturated carbocycles. The van der Waals surface area contributed by atoms with Gasteiger partial charge < -0.3 is 5.32 Å². The van der Waals surface area contributed by atoms with Crippen molar-refractivity contribution in [3.05, 3.63) is 29.8 Å². The van der Waals surface area contributed by atoms with E-state index in [0.717, 1.165) is 26.2 Å². The molecule has 16 heavy (non-hydrogen) atoms. The minimum absolute atomic E-state index is 0.354. The van der Waals surface area contributed by atoms with Crippen LogP contribution in [0.5, 0.6) is 0 Å². The molecule has 0 amide bonds. The third-order valence-corrected chi connectivity index (χ3v) is 2.89. The second-order valence-corrected chi connectivity index (χ2v) is 3.84. The van der Waals surface area contributed by atoms with Crippen molar-refractivity contribution >= 4 is 0 Å². The Kier molecular flexibility index (Phi) is 3.79. The summed E-state index contributed by atoms with van der Waals surface area (Å²) in [4.78, 5) is 5.52. The highest BCUT2D eigenvalue weighted by Crippen LogP contribution is 2.22. The maximum Gasteiger partial charge on any atom is 0.217 e. The quantitative estimate of drug-likeness (QED) is 0.785. The maximum absolute atomic E-state index is 13.5. The first-order chi connectivity index (χ1) is 7.83. The molecule has 1 aliphatic rings. The Morgan fingerprint density at radius 1 is 1.44 bits per heavy atom. The third kappa shape index (κ3) is 2.36. The van der Waals surface area contributed by atoms with Crippen molar-refractivity contribution in [1.29, 1.82) is 0 Å². The maximum atomic E-state index is 13.5. The second kappa shape index (κ2) is 5.32. The summed E-state index contributed by atoms with van der Waals surface area (Å²) >= 11 is 0. The van der Waals surface area contributed by atoms with Gasteiger partial charge in [-0.3, -0.25) is 4.90 Å². The Morgan fingerprint density at radius 3 is 2.81 bits per heavy atom. The van der Waals surface area contributed by atoms with E-state index >= 15 is 0 Å². The standard InChI is InChI=1S/C11H15F2N3/c12-8-10(16-6-4-14-5-7-16)9-2-1-3-15-11(9)13/h1-3,10,14H,4-8H2/t10-/m0/s1. The zero-order chi connectivity index (χ0) is 11.4. The number of piperazine rings is 1. The summed E-state index contributed by atoms with van der Waals surface area (Å²) in [7, 11) is 0. The second-order valence-electron chi connectivity index (χ2n) is 3.84. The molecule has 5 heteroatoms. The molecular weight excluding hydrogens is 212 g/mol. The number of hydrogen-bond acceptors (Lipinski definition) is 3. The molecule has 3 nitrogen and oxygen atoms in total. The molecule has 0 unspecified atom stereocenters. The summed E-state index contributed by atoms with van der Waals surface area (Å²) in [6.45, 7) is 2.53. The van der Waals surface area contributed by atoms with Crippen LogP contribution in [0.15, 0.2) is 18.3 Å². The van der Waals surface area contributed by atoms with Gasteiger partial charge in [0.2, 0.25) is 5.95 Å². The number of halogens is 2. The number of rotatable bonds is 3. The van der Waals surface area contributed by atoms with E-state index in [2.05, 4.69) is 10.3 Å². The first-order valence-corrected chi connectivity index (χ1v) is 5.44. The molecule has 0 radical (unpaired) electrons. The first-order valence-electron chi connectivity index (χ1n) is 5.44. The number of pyridine rings is 1. The minimum atomic E-state index is -0.581. The van der Waals surface area contributed by atoms with E-state index in [0.29, 0.717) is 5.56 Å². The van der Waals surface area contributed by atoms with Crippen molar-refractivity contribution in [2.45, 2.75) is 6.04 Å². The Hall–Kier alpha value is -1.07. The summed E-state index contributed by atoms with van der Waals surface area (Å²) in [5.41, 5.74) is 0.354. The van der Waals surface area contributed by atoms with Gasteiger partial charge in [-0.15, -0.1) is 0 Å². The lowest BCUT2D eigenvalue weighted by atomic mass is 10.1. The largest absolute Gasteiger partial charge is 0.314 e. The van der Waals surface area contributed by atoms with Gasteiger partial charge in [-0.1, -0.05) is 6.07 Å². The van der Waals surface area contributed by atoms with Crippen LogP contribution in [0, 0.1) is 5.95 Å². The molecule has 1 fully saturated rings. The molecule has 1 N–H and O–H groups in total. The lowest BCUT2D eigenvalue weighted by Crippen LogP contribution is -2.45. The summed E-state index contributed by atoms with van der Waals surface area (Å²) < 4.78 is 26.5. The number of alkyl halides is 1. The van der Waals surface area contributed by atoms with E-state index in [1.165, 1.54) is 6.20 Å². The number of hydrogen-bond donors (Lipinski definition) is 1. The summed E-state index contributed by atoms with van der Waals surface area (Å²) in [6.07, 6.45) is 1.38. The van der Waals surface area contributed by atoms with Crippen molar-refractivity contribution in [3.8, 4) is 0 Å².